The van der Waals surface area contributed by atoms with Crippen molar-refractivity contribution in [2.75, 3.05) is 51.3 Å². The van der Waals surface area contributed by atoms with Crippen LogP contribution in [0.25, 0.3) is 0 Å². The highest BCUT2D eigenvalue weighted by Crippen LogP contribution is 2.31. The van der Waals surface area contributed by atoms with E-state index in [1.807, 2.05) is 24.3 Å². The summed E-state index contributed by atoms with van der Waals surface area (Å²) in [6, 6.07) is 13.3. The fraction of sp³-hybridized carbons (Fsp3) is 0.478. The molecule has 4 atom stereocenters. The number of nitrogens with zero attached hydrogens (tertiary/aromatic N) is 2. The molecule has 2 heterocycles. The maximum Gasteiger partial charge on any atom is 0.240 e. The van der Waals surface area contributed by atoms with Gasteiger partial charge in [-0.25, -0.2) is 13.1 Å². The number of halogens is 3. The zero-order valence-electron chi connectivity index (χ0n) is 19.7. The van der Waals surface area contributed by atoms with Crippen LogP contribution in [0.15, 0.2) is 53.4 Å². The average molecular weight is 585 g/mol. The molecule has 3 N–H and O–H groups in total. The molecule has 2 aromatic rings. The number of methoxy groups -OCH3 is 1. The number of aliphatic hydroxyl groups excluding tert-OH is 2. The third kappa shape index (κ3) is 6.75. The molecule has 0 radical (unpaired) electrons. The molecule has 4 rings (SSSR count). The molecule has 0 aromatic heterocycles. The Balaban J connectivity index is 0.00000228. The monoisotopic (exact) mass is 583 g/mol. The van der Waals surface area contributed by atoms with E-state index in [-0.39, 0.29) is 42.9 Å². The second-order valence-corrected chi connectivity index (χ2v) is 10.6. The van der Waals surface area contributed by atoms with E-state index in [9.17, 15) is 18.6 Å². The van der Waals surface area contributed by atoms with Crippen molar-refractivity contribution >= 4 is 52.1 Å². The lowest BCUT2D eigenvalue weighted by Crippen LogP contribution is -2.57. The van der Waals surface area contributed by atoms with E-state index in [2.05, 4.69) is 14.5 Å². The summed E-state index contributed by atoms with van der Waals surface area (Å²) < 4.78 is 39.4. The second-order valence-electron chi connectivity index (χ2n) is 8.38. The van der Waals surface area contributed by atoms with Crippen LogP contribution in [0.4, 0.5) is 5.69 Å². The smallest absolute Gasteiger partial charge is 0.240 e. The van der Waals surface area contributed by atoms with Gasteiger partial charge >= 0.3 is 0 Å². The van der Waals surface area contributed by atoms with Crippen LogP contribution < -0.4 is 14.4 Å². The lowest BCUT2D eigenvalue weighted by molar-refractivity contribution is -0.0201. The van der Waals surface area contributed by atoms with E-state index in [4.69, 9.17) is 21.1 Å². The van der Waals surface area contributed by atoms with Gasteiger partial charge in [0.05, 0.1) is 36.4 Å². The maximum absolute atomic E-state index is 12.7. The Hall–Kier alpha value is -1.34. The number of anilines is 1. The van der Waals surface area contributed by atoms with Crippen LogP contribution >= 0.6 is 36.4 Å². The van der Waals surface area contributed by atoms with Crippen molar-refractivity contribution in [1.82, 2.24) is 9.62 Å². The fourth-order valence-electron chi connectivity index (χ4n) is 4.64. The Labute approximate surface area is 229 Å². The predicted molar refractivity (Wildman–Crippen MR) is 143 cm³/mol. The van der Waals surface area contributed by atoms with E-state index in [1.54, 1.807) is 7.11 Å². The molecule has 0 aliphatic carbocycles. The molecule has 36 heavy (non-hydrogen) atoms. The Kier molecular flexibility index (Phi) is 11.5. The summed E-state index contributed by atoms with van der Waals surface area (Å²) in [5.74, 6) is 0.801. The first-order valence-corrected chi connectivity index (χ1v) is 13.0. The summed E-state index contributed by atoms with van der Waals surface area (Å²) in [7, 11) is -2.14. The summed E-state index contributed by atoms with van der Waals surface area (Å²) in [6.07, 6.45) is -2.33. The number of benzene rings is 2. The normalized spacial score (nSPS) is 24.6. The van der Waals surface area contributed by atoms with Gasteiger partial charge in [0.25, 0.3) is 0 Å². The minimum absolute atomic E-state index is 0. The highest BCUT2D eigenvalue weighted by molar-refractivity contribution is 7.89. The SMILES string of the molecule is COc1ccccc1N1CCN([C@@H]2[C@H](O)[C@H](CO)O[C@@H]2CNS(=O)(=O)c2ccc(Cl)cc2)CC1.Cl.Cl. The lowest BCUT2D eigenvalue weighted by atomic mass is 10.0. The van der Waals surface area contributed by atoms with Gasteiger partial charge in [-0.3, -0.25) is 4.90 Å². The van der Waals surface area contributed by atoms with Crippen molar-refractivity contribution in [2.24, 2.45) is 0 Å². The van der Waals surface area contributed by atoms with Gasteiger partial charge in [0.2, 0.25) is 10.0 Å². The van der Waals surface area contributed by atoms with E-state index >= 15 is 0 Å². The van der Waals surface area contributed by atoms with Gasteiger partial charge in [0, 0.05) is 37.7 Å². The number of para-hydroxylation sites is 2. The van der Waals surface area contributed by atoms with Crippen LogP contribution in [0.1, 0.15) is 0 Å². The van der Waals surface area contributed by atoms with Crippen LogP contribution in [0, 0.1) is 0 Å². The predicted octanol–water partition coefficient (Wildman–Crippen LogP) is 1.78. The Morgan fingerprint density at radius 1 is 1.06 bits per heavy atom. The number of ether oxygens (including phenoxy) is 2. The number of sulfonamides is 1. The summed E-state index contributed by atoms with van der Waals surface area (Å²) in [5, 5.41) is 21.0. The minimum atomic E-state index is -3.79. The molecule has 0 bridgehead atoms. The van der Waals surface area contributed by atoms with Gasteiger partial charge in [0.15, 0.2) is 0 Å². The van der Waals surface area contributed by atoms with Crippen molar-refractivity contribution < 1.29 is 28.1 Å². The largest absolute Gasteiger partial charge is 0.495 e. The molecule has 0 saturated carbocycles. The molecule has 0 unspecified atom stereocenters. The summed E-state index contributed by atoms with van der Waals surface area (Å²) in [6.45, 7) is 2.31. The number of aliphatic hydroxyl groups is 2. The number of nitrogens with one attached hydrogen (secondary N) is 1. The molecule has 13 heteroatoms. The van der Waals surface area contributed by atoms with Crippen LogP contribution in [-0.4, -0.2) is 94.3 Å². The molecule has 2 aromatic carbocycles. The van der Waals surface area contributed by atoms with E-state index in [0.717, 1.165) is 11.4 Å². The molecule has 2 saturated heterocycles. The highest BCUT2D eigenvalue weighted by atomic mass is 35.5. The molecule has 2 aliphatic heterocycles. The number of hydrogen-bond acceptors (Lipinski definition) is 8. The first kappa shape index (κ1) is 30.9. The molecule has 0 amide bonds. The van der Waals surface area contributed by atoms with Crippen molar-refractivity contribution in [3.05, 3.63) is 53.6 Å². The molecule has 2 fully saturated rings. The van der Waals surface area contributed by atoms with Crippen molar-refractivity contribution in [3.63, 3.8) is 0 Å². The number of hydrogen-bond donors (Lipinski definition) is 3. The standard InChI is InChI=1S/C23H30ClN3O6S.2ClH/c1-32-19-5-3-2-4-18(19)26-10-12-27(13-11-26)22-20(33-21(15-28)23(22)29)14-25-34(30,31)17-8-6-16(24)7-9-17;;/h2-9,20-23,25,28-29H,10-15H2,1H3;2*1H/t20-,21+,22+,23-;;/m1../s1. The van der Waals surface area contributed by atoms with E-state index in [0.29, 0.717) is 31.2 Å². The Morgan fingerprint density at radius 3 is 2.31 bits per heavy atom. The first-order valence-electron chi connectivity index (χ1n) is 11.2. The van der Waals surface area contributed by atoms with Gasteiger partial charge in [-0.2, -0.15) is 0 Å². The van der Waals surface area contributed by atoms with E-state index < -0.39 is 34.4 Å². The van der Waals surface area contributed by atoms with Gasteiger partial charge < -0.3 is 24.6 Å². The van der Waals surface area contributed by atoms with Crippen LogP contribution in [0.3, 0.4) is 0 Å². The summed E-state index contributed by atoms with van der Waals surface area (Å²) in [5.41, 5.74) is 1.01. The topological polar surface area (TPSA) is 112 Å². The van der Waals surface area contributed by atoms with Crippen molar-refractivity contribution in [3.8, 4) is 5.75 Å². The van der Waals surface area contributed by atoms with Crippen molar-refractivity contribution in [1.29, 1.82) is 0 Å². The van der Waals surface area contributed by atoms with Crippen LogP contribution in [-0.2, 0) is 14.8 Å². The molecular formula is C23H32Cl3N3O6S. The van der Waals surface area contributed by atoms with Gasteiger partial charge in [0.1, 0.15) is 18.0 Å². The number of piperazine rings is 1. The Bertz CT molecular complexity index is 1070. The van der Waals surface area contributed by atoms with Gasteiger partial charge in [-0.15, -0.1) is 24.8 Å². The van der Waals surface area contributed by atoms with Crippen molar-refractivity contribution in [2.45, 2.75) is 29.2 Å². The summed E-state index contributed by atoms with van der Waals surface area (Å²) >= 11 is 5.86. The lowest BCUT2D eigenvalue weighted by Gasteiger charge is -2.41. The molecule has 9 nitrogen and oxygen atoms in total. The quantitative estimate of drug-likeness (QED) is 0.431. The Morgan fingerprint density at radius 2 is 1.69 bits per heavy atom. The fourth-order valence-corrected chi connectivity index (χ4v) is 5.81. The molecule has 0 spiro atoms. The highest BCUT2D eigenvalue weighted by Gasteiger charge is 2.47. The van der Waals surface area contributed by atoms with Crippen LogP contribution in [0.5, 0.6) is 5.75 Å². The third-order valence-electron chi connectivity index (χ3n) is 6.40. The van der Waals surface area contributed by atoms with E-state index in [1.165, 1.54) is 24.3 Å². The molecular weight excluding hydrogens is 553 g/mol. The third-order valence-corrected chi connectivity index (χ3v) is 8.09. The average Bonchev–Trinajstić information content (AvgIpc) is 3.18. The maximum atomic E-state index is 12.7. The second kappa shape index (κ2) is 13.5. The zero-order chi connectivity index (χ0) is 24.3. The zero-order valence-corrected chi connectivity index (χ0v) is 22.9. The minimum Gasteiger partial charge on any atom is -0.495 e. The first-order chi connectivity index (χ1) is 16.3. The molecule has 2 aliphatic rings. The summed E-state index contributed by atoms with van der Waals surface area (Å²) in [4.78, 5) is 4.42. The van der Waals surface area contributed by atoms with Crippen LogP contribution in [0.2, 0.25) is 5.02 Å². The molecule has 202 valence electrons. The number of rotatable bonds is 8. The van der Waals surface area contributed by atoms with Gasteiger partial charge in [-0.1, -0.05) is 23.7 Å². The van der Waals surface area contributed by atoms with Gasteiger partial charge in [-0.05, 0) is 36.4 Å².